The number of nitrogens with two attached hydrogens (primary N) is 1. The van der Waals surface area contributed by atoms with Gasteiger partial charge in [0.05, 0.1) is 12.7 Å². The van der Waals surface area contributed by atoms with Gasteiger partial charge in [-0.05, 0) is 18.9 Å². The summed E-state index contributed by atoms with van der Waals surface area (Å²) in [6, 6.07) is 8.88. The van der Waals surface area contributed by atoms with Crippen molar-refractivity contribution < 1.29 is 14.6 Å². The van der Waals surface area contributed by atoms with E-state index in [0.717, 1.165) is 5.56 Å². The molecule has 2 atom stereocenters. The van der Waals surface area contributed by atoms with Crippen molar-refractivity contribution in [2.45, 2.75) is 32.1 Å². The molecule has 88 valence electrons. The average molecular weight is 223 g/mol. The third-order valence-corrected chi connectivity index (χ3v) is 2.28. The smallest absolute Gasteiger partial charge is 0.320 e. The fraction of sp³-hybridized carbons (Fsp3) is 0.417. The molecule has 0 aliphatic carbocycles. The fourth-order valence-corrected chi connectivity index (χ4v) is 1.34. The summed E-state index contributed by atoms with van der Waals surface area (Å²) in [5, 5.41) is 8.64. The van der Waals surface area contributed by atoms with Crippen molar-refractivity contribution in [3.63, 3.8) is 0 Å². The minimum Gasteiger partial charge on any atom is -0.480 e. The number of hydrogen-bond donors (Lipinski definition) is 2. The van der Waals surface area contributed by atoms with Crippen LogP contribution in [-0.4, -0.2) is 23.2 Å². The highest BCUT2D eigenvalue weighted by Crippen LogP contribution is 2.06. The summed E-state index contributed by atoms with van der Waals surface area (Å²) in [5.41, 5.74) is 6.47. The van der Waals surface area contributed by atoms with Gasteiger partial charge in [-0.1, -0.05) is 30.3 Å². The Bertz CT molecular complexity index is 326. The van der Waals surface area contributed by atoms with Gasteiger partial charge in [0.25, 0.3) is 0 Å². The van der Waals surface area contributed by atoms with Crippen molar-refractivity contribution in [1.82, 2.24) is 0 Å². The molecule has 0 amide bonds. The monoisotopic (exact) mass is 223 g/mol. The Balaban J connectivity index is 2.30. The number of ether oxygens (including phenoxy) is 1. The number of rotatable bonds is 6. The summed E-state index contributed by atoms with van der Waals surface area (Å²) < 4.78 is 5.51. The normalized spacial score (nSPS) is 14.4. The lowest BCUT2D eigenvalue weighted by molar-refractivity contribution is -0.139. The Kier molecular flexibility index (Phi) is 4.95. The van der Waals surface area contributed by atoms with Crippen LogP contribution < -0.4 is 5.73 Å². The van der Waals surface area contributed by atoms with Gasteiger partial charge < -0.3 is 15.6 Å². The first kappa shape index (κ1) is 12.7. The highest BCUT2D eigenvalue weighted by molar-refractivity contribution is 5.73. The summed E-state index contributed by atoms with van der Waals surface area (Å²) in [6.45, 7) is 2.31. The van der Waals surface area contributed by atoms with Crippen LogP contribution in [0, 0.1) is 0 Å². The first-order valence-electron chi connectivity index (χ1n) is 5.23. The van der Waals surface area contributed by atoms with Gasteiger partial charge in [0, 0.05) is 0 Å². The molecule has 0 fully saturated rings. The predicted octanol–water partition coefficient (Wildman–Crippen LogP) is 1.39. The minimum absolute atomic E-state index is 0.161. The molecule has 0 saturated heterocycles. The molecule has 0 bridgehead atoms. The molecule has 0 spiro atoms. The van der Waals surface area contributed by atoms with E-state index in [4.69, 9.17) is 15.6 Å². The van der Waals surface area contributed by atoms with Crippen LogP contribution >= 0.6 is 0 Å². The van der Waals surface area contributed by atoms with Gasteiger partial charge in [0.15, 0.2) is 0 Å². The van der Waals surface area contributed by atoms with Crippen LogP contribution in [0.1, 0.15) is 18.9 Å². The molecule has 1 rings (SSSR count). The third kappa shape index (κ3) is 4.42. The number of benzene rings is 1. The van der Waals surface area contributed by atoms with E-state index < -0.39 is 12.0 Å². The van der Waals surface area contributed by atoms with Crippen molar-refractivity contribution in [3.05, 3.63) is 35.9 Å². The second kappa shape index (κ2) is 6.25. The first-order chi connectivity index (χ1) is 7.59. The molecule has 0 aromatic heterocycles. The lowest BCUT2D eigenvalue weighted by Gasteiger charge is -2.15. The van der Waals surface area contributed by atoms with Crippen LogP contribution in [0.25, 0.3) is 0 Å². The molecule has 0 radical (unpaired) electrons. The van der Waals surface area contributed by atoms with Gasteiger partial charge in [0.1, 0.15) is 6.04 Å². The quantitative estimate of drug-likeness (QED) is 0.764. The van der Waals surface area contributed by atoms with Crippen molar-refractivity contribution in [1.29, 1.82) is 0 Å². The summed E-state index contributed by atoms with van der Waals surface area (Å²) >= 11 is 0. The average Bonchev–Trinajstić information content (AvgIpc) is 2.27. The van der Waals surface area contributed by atoms with Crippen LogP contribution in [0.2, 0.25) is 0 Å². The molecule has 0 saturated carbocycles. The summed E-state index contributed by atoms with van der Waals surface area (Å²) in [6.07, 6.45) is 0.161. The molecule has 4 nitrogen and oxygen atoms in total. The molecule has 0 aliphatic heterocycles. The lowest BCUT2D eigenvalue weighted by atomic mass is 10.1. The Labute approximate surface area is 95.0 Å². The maximum Gasteiger partial charge on any atom is 0.320 e. The standard InChI is InChI=1S/C12H17NO3/c1-9(7-11(13)12(14)15)16-8-10-5-3-2-4-6-10/h2-6,9,11H,7-8,13H2,1H3,(H,14,15). The van der Waals surface area contributed by atoms with E-state index in [2.05, 4.69) is 0 Å². The highest BCUT2D eigenvalue weighted by Gasteiger charge is 2.15. The van der Waals surface area contributed by atoms with Crippen molar-refractivity contribution >= 4 is 5.97 Å². The second-order valence-electron chi connectivity index (χ2n) is 3.79. The third-order valence-electron chi connectivity index (χ3n) is 2.28. The maximum atomic E-state index is 10.5. The highest BCUT2D eigenvalue weighted by atomic mass is 16.5. The van der Waals surface area contributed by atoms with E-state index in [9.17, 15) is 4.79 Å². The zero-order valence-corrected chi connectivity index (χ0v) is 9.30. The first-order valence-corrected chi connectivity index (χ1v) is 5.23. The lowest BCUT2D eigenvalue weighted by Crippen LogP contribution is -2.33. The van der Waals surface area contributed by atoms with Gasteiger partial charge in [-0.15, -0.1) is 0 Å². The molecule has 16 heavy (non-hydrogen) atoms. The minimum atomic E-state index is -0.991. The Hall–Kier alpha value is -1.39. The second-order valence-corrected chi connectivity index (χ2v) is 3.79. The molecular weight excluding hydrogens is 206 g/mol. The van der Waals surface area contributed by atoms with Gasteiger partial charge in [-0.2, -0.15) is 0 Å². The Morgan fingerprint density at radius 3 is 2.62 bits per heavy atom. The van der Waals surface area contributed by atoms with Crippen molar-refractivity contribution in [3.8, 4) is 0 Å². The summed E-state index contributed by atoms with van der Waals surface area (Å²) in [7, 11) is 0. The van der Waals surface area contributed by atoms with Crippen molar-refractivity contribution in [2.75, 3.05) is 0 Å². The fourth-order valence-electron chi connectivity index (χ4n) is 1.34. The topological polar surface area (TPSA) is 72.6 Å². The number of carbonyl (C=O) groups is 1. The van der Waals surface area contributed by atoms with Crippen LogP contribution in [0.5, 0.6) is 0 Å². The number of hydrogen-bond acceptors (Lipinski definition) is 3. The molecule has 1 aromatic carbocycles. The molecular formula is C12H17NO3. The predicted molar refractivity (Wildman–Crippen MR) is 60.9 cm³/mol. The molecule has 1 aromatic rings. The molecule has 0 aliphatic rings. The maximum absolute atomic E-state index is 10.5. The zero-order valence-electron chi connectivity index (χ0n) is 9.30. The van der Waals surface area contributed by atoms with Crippen LogP contribution in [0.4, 0.5) is 0 Å². The SMILES string of the molecule is CC(CC(N)C(=O)O)OCc1ccccc1. The Morgan fingerprint density at radius 2 is 2.06 bits per heavy atom. The summed E-state index contributed by atoms with van der Waals surface area (Å²) in [4.78, 5) is 10.5. The zero-order chi connectivity index (χ0) is 12.0. The van der Waals surface area contributed by atoms with E-state index >= 15 is 0 Å². The van der Waals surface area contributed by atoms with E-state index in [-0.39, 0.29) is 6.10 Å². The molecule has 4 heteroatoms. The summed E-state index contributed by atoms with van der Waals surface area (Å²) in [5.74, 6) is -0.991. The van der Waals surface area contributed by atoms with Gasteiger partial charge in [0.2, 0.25) is 0 Å². The number of carboxylic acids is 1. The largest absolute Gasteiger partial charge is 0.480 e. The molecule has 0 heterocycles. The van der Waals surface area contributed by atoms with Gasteiger partial charge in [-0.3, -0.25) is 4.79 Å². The number of carboxylic acid groups (broad SMARTS) is 1. The van der Waals surface area contributed by atoms with Crippen LogP contribution in [0.15, 0.2) is 30.3 Å². The van der Waals surface area contributed by atoms with Crippen LogP contribution in [-0.2, 0) is 16.1 Å². The van der Waals surface area contributed by atoms with E-state index in [0.29, 0.717) is 13.0 Å². The van der Waals surface area contributed by atoms with Gasteiger partial charge >= 0.3 is 5.97 Å². The molecule has 2 unspecified atom stereocenters. The Morgan fingerprint density at radius 1 is 1.44 bits per heavy atom. The van der Waals surface area contributed by atoms with E-state index in [1.807, 2.05) is 37.3 Å². The van der Waals surface area contributed by atoms with Gasteiger partial charge in [-0.25, -0.2) is 0 Å². The van der Waals surface area contributed by atoms with E-state index in [1.165, 1.54) is 0 Å². The number of aliphatic carboxylic acids is 1. The molecule has 3 N–H and O–H groups in total. The van der Waals surface area contributed by atoms with Crippen LogP contribution in [0.3, 0.4) is 0 Å². The van der Waals surface area contributed by atoms with E-state index in [1.54, 1.807) is 0 Å². The van der Waals surface area contributed by atoms with Crippen molar-refractivity contribution in [2.24, 2.45) is 5.73 Å².